The molecule has 0 aliphatic carbocycles. The number of nitrogens with zero attached hydrogens (tertiary/aromatic N) is 2. The average Bonchev–Trinajstić information content (AvgIpc) is 2.76. The summed E-state index contributed by atoms with van der Waals surface area (Å²) >= 11 is 0. The van der Waals surface area contributed by atoms with E-state index in [9.17, 15) is 19.9 Å². The number of hydrogen-bond acceptors (Lipinski definition) is 4. The lowest BCUT2D eigenvalue weighted by Crippen LogP contribution is -2.41. The summed E-state index contributed by atoms with van der Waals surface area (Å²) in [6, 6.07) is 9.64. The maximum Gasteiger partial charge on any atom is 0.325 e. The van der Waals surface area contributed by atoms with Crippen molar-refractivity contribution >= 4 is 0 Å². The van der Waals surface area contributed by atoms with E-state index in [2.05, 4.69) is 0 Å². The molecule has 2 heterocycles. The molecule has 8 heteroatoms. The number of benzene rings is 1. The summed E-state index contributed by atoms with van der Waals surface area (Å²) in [6.45, 7) is 4.07. The monoisotopic (exact) mass is 342 g/mol. The first-order valence-electron chi connectivity index (χ1n) is 7.74. The standard InChI is InChI=1S/C17H18N4O4/c1-10-11(2)21(25)14(20(10)9-12-6-4-3-5-7-12)8-13-15(22)18-17(24)19-16(13)23/h3-7H,8-9H2,1-2H3,(H3-,18,19,22,23,24,25). The van der Waals surface area contributed by atoms with E-state index < -0.39 is 17.1 Å². The largest absolute Gasteiger partial charge is 0.860 e. The zero-order valence-electron chi connectivity index (χ0n) is 13.9. The summed E-state index contributed by atoms with van der Waals surface area (Å²) < 4.78 is 2.82. The van der Waals surface area contributed by atoms with E-state index in [1.165, 1.54) is 0 Å². The van der Waals surface area contributed by atoms with Gasteiger partial charge in [-0.2, -0.15) is 0 Å². The van der Waals surface area contributed by atoms with Crippen molar-refractivity contribution in [1.82, 2.24) is 14.7 Å². The Balaban J connectivity index is 2.09. The van der Waals surface area contributed by atoms with Crippen LogP contribution in [0.4, 0.5) is 0 Å². The van der Waals surface area contributed by atoms with Crippen molar-refractivity contribution in [1.29, 1.82) is 0 Å². The Morgan fingerprint density at radius 3 is 2.48 bits per heavy atom. The predicted molar refractivity (Wildman–Crippen MR) is 86.8 cm³/mol. The molecule has 3 N–H and O–H groups in total. The van der Waals surface area contributed by atoms with Gasteiger partial charge in [0.05, 0.1) is 6.42 Å². The molecule has 0 fully saturated rings. The molecule has 3 aromatic rings. The molecule has 0 saturated carbocycles. The molecule has 0 aliphatic rings. The summed E-state index contributed by atoms with van der Waals surface area (Å²) in [5.41, 5.74) is 0.711. The van der Waals surface area contributed by atoms with Crippen LogP contribution in [0.5, 0.6) is 5.88 Å². The van der Waals surface area contributed by atoms with Gasteiger partial charge in [0.25, 0.3) is 5.56 Å². The Kier molecular flexibility index (Phi) is 4.18. The third kappa shape index (κ3) is 3.06. The normalized spacial score (nSPS) is 11.0. The second kappa shape index (κ2) is 6.31. The molecule has 8 nitrogen and oxygen atoms in total. The van der Waals surface area contributed by atoms with Gasteiger partial charge in [0, 0.05) is 19.4 Å². The highest BCUT2D eigenvalue weighted by molar-refractivity contribution is 5.24. The third-order valence-corrected chi connectivity index (χ3v) is 4.32. The molecule has 0 unspecified atom stereocenters. The zero-order chi connectivity index (χ0) is 18.1. The fraction of sp³-hybridized carbons (Fsp3) is 0.235. The van der Waals surface area contributed by atoms with E-state index in [0.29, 0.717) is 18.1 Å². The van der Waals surface area contributed by atoms with Gasteiger partial charge in [-0.05, 0) is 16.2 Å². The molecule has 0 bridgehead atoms. The van der Waals surface area contributed by atoms with Gasteiger partial charge in [-0.25, -0.2) is 9.36 Å². The predicted octanol–water partition coefficient (Wildman–Crippen LogP) is -0.281. The van der Waals surface area contributed by atoms with Gasteiger partial charge in [0.15, 0.2) is 5.69 Å². The van der Waals surface area contributed by atoms with Crippen LogP contribution in [0.3, 0.4) is 0 Å². The molecule has 0 saturated heterocycles. The van der Waals surface area contributed by atoms with Crippen LogP contribution < -0.4 is 20.9 Å². The first kappa shape index (κ1) is 16.6. The van der Waals surface area contributed by atoms with Gasteiger partial charge in [-0.1, -0.05) is 30.3 Å². The molecule has 2 aromatic heterocycles. The molecule has 25 heavy (non-hydrogen) atoms. The Morgan fingerprint density at radius 1 is 1.16 bits per heavy atom. The molecule has 0 spiro atoms. The number of rotatable bonds is 4. The number of nitrogens with one attached hydrogen (secondary N) is 2. The van der Waals surface area contributed by atoms with Crippen molar-refractivity contribution in [3.8, 4) is 5.88 Å². The SMILES string of the molecule is Cc1c(C)[n+](Cc2ccccc2)c(Cc2c([O-])[nH]c(=O)[nH]c2=O)n1O. The highest BCUT2D eigenvalue weighted by Crippen LogP contribution is 2.13. The topological polar surface area (TPSA) is 118 Å². The molecule has 0 atom stereocenters. The number of hydrogen-bond donors (Lipinski definition) is 3. The number of aromatic amines is 2. The molecule has 3 rings (SSSR count). The zero-order valence-corrected chi connectivity index (χ0v) is 13.9. The Hall–Kier alpha value is -3.29. The van der Waals surface area contributed by atoms with E-state index in [1.54, 1.807) is 6.92 Å². The van der Waals surface area contributed by atoms with Gasteiger partial charge < -0.3 is 15.3 Å². The van der Waals surface area contributed by atoms with Crippen molar-refractivity contribution in [3.63, 3.8) is 0 Å². The number of imidazole rings is 1. The van der Waals surface area contributed by atoms with Gasteiger partial charge in [0.1, 0.15) is 12.2 Å². The molecule has 130 valence electrons. The van der Waals surface area contributed by atoms with Crippen LogP contribution in [-0.4, -0.2) is 19.9 Å². The first-order chi connectivity index (χ1) is 11.9. The van der Waals surface area contributed by atoms with Crippen LogP contribution >= 0.6 is 0 Å². The van der Waals surface area contributed by atoms with Crippen LogP contribution in [0.25, 0.3) is 0 Å². The van der Waals surface area contributed by atoms with E-state index in [1.807, 2.05) is 51.8 Å². The highest BCUT2D eigenvalue weighted by atomic mass is 16.5. The second-order valence-corrected chi connectivity index (χ2v) is 5.86. The van der Waals surface area contributed by atoms with Crippen molar-refractivity contribution < 1.29 is 14.9 Å². The van der Waals surface area contributed by atoms with Crippen LogP contribution in [0.1, 0.15) is 28.3 Å². The molecule has 0 radical (unpaired) electrons. The van der Waals surface area contributed by atoms with E-state index in [-0.39, 0.29) is 12.0 Å². The molecule has 0 amide bonds. The number of aromatic nitrogens is 4. The summed E-state index contributed by atoms with van der Waals surface area (Å²) in [5, 5.41) is 22.3. The maximum atomic E-state index is 12.0. The molecular weight excluding hydrogens is 324 g/mol. The average molecular weight is 342 g/mol. The quantitative estimate of drug-likeness (QED) is 0.446. The number of H-pyrrole nitrogens is 2. The lowest BCUT2D eigenvalue weighted by Gasteiger charge is -2.10. The lowest BCUT2D eigenvalue weighted by molar-refractivity contribution is -0.701. The van der Waals surface area contributed by atoms with E-state index in [4.69, 9.17) is 0 Å². The molecule has 1 aromatic carbocycles. The Bertz CT molecular complexity index is 1030. The van der Waals surface area contributed by atoms with E-state index in [0.717, 1.165) is 16.0 Å². The minimum Gasteiger partial charge on any atom is -0.860 e. The van der Waals surface area contributed by atoms with Gasteiger partial charge in [0.2, 0.25) is 0 Å². The van der Waals surface area contributed by atoms with Crippen LogP contribution in [-0.2, 0) is 13.0 Å². The van der Waals surface area contributed by atoms with Crippen molar-refractivity contribution in [3.05, 3.63) is 79.5 Å². The molecular formula is C17H18N4O4. The minimum atomic E-state index is -0.845. The van der Waals surface area contributed by atoms with Gasteiger partial charge >= 0.3 is 11.5 Å². The van der Waals surface area contributed by atoms with Gasteiger partial charge in [-0.15, -0.1) is 0 Å². The summed E-state index contributed by atoms with van der Waals surface area (Å²) in [6.07, 6.45) is -0.108. The van der Waals surface area contributed by atoms with Crippen LogP contribution in [0.2, 0.25) is 0 Å². The fourth-order valence-electron chi connectivity index (χ4n) is 2.81. The van der Waals surface area contributed by atoms with Gasteiger partial charge in [-0.3, -0.25) is 9.78 Å². The Labute approximate surface area is 142 Å². The summed E-state index contributed by atoms with van der Waals surface area (Å²) in [7, 11) is 0. The highest BCUT2D eigenvalue weighted by Gasteiger charge is 2.27. The first-order valence-corrected chi connectivity index (χ1v) is 7.74. The van der Waals surface area contributed by atoms with E-state index >= 15 is 0 Å². The fourth-order valence-corrected chi connectivity index (χ4v) is 2.81. The summed E-state index contributed by atoms with van der Waals surface area (Å²) in [4.78, 5) is 27.2. The Morgan fingerprint density at radius 2 is 1.84 bits per heavy atom. The van der Waals surface area contributed by atoms with Crippen LogP contribution in [0.15, 0.2) is 39.9 Å². The lowest BCUT2D eigenvalue weighted by atomic mass is 10.2. The smallest absolute Gasteiger partial charge is 0.325 e. The maximum absolute atomic E-state index is 12.0. The van der Waals surface area contributed by atoms with Crippen molar-refractivity contribution in [2.24, 2.45) is 0 Å². The molecule has 0 aliphatic heterocycles. The van der Waals surface area contributed by atoms with Crippen molar-refractivity contribution in [2.45, 2.75) is 26.8 Å². The minimum absolute atomic E-state index is 0.108. The summed E-state index contributed by atoms with van der Waals surface area (Å²) in [5.74, 6) is -0.370. The van der Waals surface area contributed by atoms with Crippen molar-refractivity contribution in [2.75, 3.05) is 0 Å². The third-order valence-electron chi connectivity index (χ3n) is 4.32. The second-order valence-electron chi connectivity index (χ2n) is 5.86. The van der Waals surface area contributed by atoms with Crippen LogP contribution in [0, 0.1) is 13.8 Å².